The minimum absolute atomic E-state index is 0.840. The number of aryl methyl sites for hydroxylation is 1. The third kappa shape index (κ3) is 6.96. The van der Waals surface area contributed by atoms with Crippen molar-refractivity contribution < 1.29 is 0 Å². The molecule has 11 heavy (non-hydrogen) atoms. The summed E-state index contributed by atoms with van der Waals surface area (Å²) in [5.41, 5.74) is 0. The normalized spacial score (nSPS) is 7.00. The Balaban J connectivity index is 0. The number of aromatic nitrogens is 4. The Bertz CT molecular complexity index is 125. The summed E-state index contributed by atoms with van der Waals surface area (Å²) in [6, 6.07) is 0. The summed E-state index contributed by atoms with van der Waals surface area (Å²) < 4.78 is 1.65. The molecule has 0 spiro atoms. The second-order valence-electron chi connectivity index (χ2n) is 1.17. The Morgan fingerprint density at radius 2 is 1.73 bits per heavy atom. The first-order valence-electron chi connectivity index (χ1n) is 4.14. The fraction of sp³-hybridized carbons (Fsp3) is 0.857. The second kappa shape index (κ2) is 11.8. The first-order valence-corrected chi connectivity index (χ1v) is 4.14. The lowest BCUT2D eigenvalue weighted by Gasteiger charge is -1.83. The van der Waals surface area contributed by atoms with Gasteiger partial charge in [-0.25, -0.2) is 4.68 Å². The number of hydrogen-bond donors (Lipinski definition) is 0. The zero-order valence-corrected chi connectivity index (χ0v) is 8.07. The molecule has 4 nitrogen and oxygen atoms in total. The predicted octanol–water partition coefficient (Wildman–Crippen LogP) is 1.75. The van der Waals surface area contributed by atoms with Crippen LogP contribution in [0.2, 0.25) is 0 Å². The SMILES string of the molecule is CC.CC.CCn1cnnn1. The van der Waals surface area contributed by atoms with Crippen LogP contribution in [0.3, 0.4) is 0 Å². The van der Waals surface area contributed by atoms with Crippen LogP contribution >= 0.6 is 0 Å². The van der Waals surface area contributed by atoms with Gasteiger partial charge in [-0.3, -0.25) is 0 Å². The van der Waals surface area contributed by atoms with Gasteiger partial charge in [-0.1, -0.05) is 27.7 Å². The highest BCUT2D eigenvalue weighted by Gasteiger charge is 1.80. The minimum atomic E-state index is 0.840. The molecule has 1 heterocycles. The Morgan fingerprint density at radius 1 is 1.18 bits per heavy atom. The molecule has 1 rings (SSSR count). The van der Waals surface area contributed by atoms with Gasteiger partial charge in [0.05, 0.1) is 0 Å². The van der Waals surface area contributed by atoms with Crippen molar-refractivity contribution >= 4 is 0 Å². The largest absolute Gasteiger partial charge is 0.233 e. The minimum Gasteiger partial charge on any atom is -0.233 e. The van der Waals surface area contributed by atoms with Crippen molar-refractivity contribution in [2.24, 2.45) is 0 Å². The highest BCUT2D eigenvalue weighted by atomic mass is 15.5. The van der Waals surface area contributed by atoms with Gasteiger partial charge in [-0.05, 0) is 17.4 Å². The van der Waals surface area contributed by atoms with Crippen molar-refractivity contribution in [2.75, 3.05) is 0 Å². The summed E-state index contributed by atoms with van der Waals surface area (Å²) in [5, 5.41) is 10.4. The van der Waals surface area contributed by atoms with Crippen LogP contribution < -0.4 is 0 Å². The highest BCUT2D eigenvalue weighted by Crippen LogP contribution is 1.70. The van der Waals surface area contributed by atoms with Crippen LogP contribution in [-0.4, -0.2) is 20.2 Å². The fourth-order valence-electron chi connectivity index (χ4n) is 0.325. The lowest BCUT2D eigenvalue weighted by Crippen LogP contribution is -1.93. The van der Waals surface area contributed by atoms with E-state index in [0.29, 0.717) is 0 Å². The average molecular weight is 158 g/mol. The van der Waals surface area contributed by atoms with Crippen LogP contribution in [0.4, 0.5) is 0 Å². The third-order valence-electron chi connectivity index (χ3n) is 0.715. The zero-order chi connectivity index (χ0) is 9.11. The van der Waals surface area contributed by atoms with E-state index in [-0.39, 0.29) is 0 Å². The van der Waals surface area contributed by atoms with Crippen molar-refractivity contribution in [3.05, 3.63) is 6.33 Å². The molecule has 0 fully saturated rings. The molecule has 0 N–H and O–H groups in total. The third-order valence-corrected chi connectivity index (χ3v) is 0.715. The molecular weight excluding hydrogens is 140 g/mol. The van der Waals surface area contributed by atoms with Gasteiger partial charge in [0.15, 0.2) is 0 Å². The molecule has 0 radical (unpaired) electrons. The quantitative estimate of drug-likeness (QED) is 0.625. The molecule has 66 valence electrons. The van der Waals surface area contributed by atoms with Crippen molar-refractivity contribution in [1.82, 2.24) is 20.2 Å². The maximum Gasteiger partial charge on any atom is 0.138 e. The van der Waals surface area contributed by atoms with E-state index < -0.39 is 0 Å². The maximum atomic E-state index is 3.59. The Kier molecular flexibility index (Phi) is 13.7. The van der Waals surface area contributed by atoms with Crippen LogP contribution in [-0.2, 0) is 6.54 Å². The molecule has 0 aliphatic rings. The van der Waals surface area contributed by atoms with Gasteiger partial charge in [-0.2, -0.15) is 0 Å². The summed E-state index contributed by atoms with van der Waals surface area (Å²) >= 11 is 0. The molecule has 0 amide bonds. The molecule has 1 aromatic rings. The fourth-order valence-corrected chi connectivity index (χ4v) is 0.325. The number of hydrogen-bond acceptors (Lipinski definition) is 3. The molecule has 0 saturated heterocycles. The number of rotatable bonds is 1. The van der Waals surface area contributed by atoms with Crippen molar-refractivity contribution in [1.29, 1.82) is 0 Å². The average Bonchev–Trinajstić information content (AvgIpc) is 2.63. The number of tetrazole rings is 1. The van der Waals surface area contributed by atoms with Crippen LogP contribution in [0.5, 0.6) is 0 Å². The van der Waals surface area contributed by atoms with E-state index in [1.165, 1.54) is 0 Å². The smallest absolute Gasteiger partial charge is 0.138 e. The van der Waals surface area contributed by atoms with Crippen LogP contribution in [0.1, 0.15) is 34.6 Å². The molecule has 0 unspecified atom stereocenters. The molecule has 4 heteroatoms. The van der Waals surface area contributed by atoms with Gasteiger partial charge in [0.1, 0.15) is 6.33 Å². The van der Waals surface area contributed by atoms with Crippen LogP contribution in [0.25, 0.3) is 0 Å². The first-order chi connectivity index (χ1) is 5.43. The standard InChI is InChI=1S/C3H6N4.2C2H6/c1-2-7-3-4-5-6-7;2*1-2/h3H,2H2,1H3;2*1-2H3. The van der Waals surface area contributed by atoms with Crippen molar-refractivity contribution in [2.45, 2.75) is 41.2 Å². The topological polar surface area (TPSA) is 43.6 Å². The molecular formula is C7H18N4. The van der Waals surface area contributed by atoms with E-state index in [9.17, 15) is 0 Å². The second-order valence-corrected chi connectivity index (χ2v) is 1.17. The molecule has 0 saturated carbocycles. The summed E-state index contributed by atoms with van der Waals surface area (Å²) in [6.07, 6.45) is 1.58. The van der Waals surface area contributed by atoms with Crippen LogP contribution in [0, 0.1) is 0 Å². The molecule has 0 bridgehead atoms. The van der Waals surface area contributed by atoms with Crippen LogP contribution in [0.15, 0.2) is 6.33 Å². The van der Waals surface area contributed by atoms with Gasteiger partial charge in [0.25, 0.3) is 0 Å². The van der Waals surface area contributed by atoms with E-state index in [4.69, 9.17) is 0 Å². The molecule has 0 aromatic carbocycles. The summed E-state index contributed by atoms with van der Waals surface area (Å²) in [4.78, 5) is 0. The van der Waals surface area contributed by atoms with Gasteiger partial charge < -0.3 is 0 Å². The van der Waals surface area contributed by atoms with E-state index >= 15 is 0 Å². The van der Waals surface area contributed by atoms with Gasteiger partial charge in [0.2, 0.25) is 0 Å². The monoisotopic (exact) mass is 158 g/mol. The lowest BCUT2D eigenvalue weighted by atomic mass is 10.8. The summed E-state index contributed by atoms with van der Waals surface area (Å²) in [6.45, 7) is 10.8. The maximum absolute atomic E-state index is 3.59. The van der Waals surface area contributed by atoms with Gasteiger partial charge in [0, 0.05) is 6.54 Å². The molecule has 0 aliphatic heterocycles. The molecule has 0 aliphatic carbocycles. The van der Waals surface area contributed by atoms with Crippen molar-refractivity contribution in [3.63, 3.8) is 0 Å². The van der Waals surface area contributed by atoms with E-state index in [0.717, 1.165) is 6.54 Å². The highest BCUT2D eigenvalue weighted by molar-refractivity contribution is 4.40. The summed E-state index contributed by atoms with van der Waals surface area (Å²) in [7, 11) is 0. The summed E-state index contributed by atoms with van der Waals surface area (Å²) in [5.74, 6) is 0. The van der Waals surface area contributed by atoms with E-state index in [1.807, 2.05) is 34.6 Å². The lowest BCUT2D eigenvalue weighted by molar-refractivity contribution is 0.626. The van der Waals surface area contributed by atoms with Gasteiger partial charge in [-0.15, -0.1) is 5.10 Å². The van der Waals surface area contributed by atoms with E-state index in [2.05, 4.69) is 15.5 Å². The van der Waals surface area contributed by atoms with E-state index in [1.54, 1.807) is 11.0 Å². The Morgan fingerprint density at radius 3 is 1.91 bits per heavy atom. The predicted molar refractivity (Wildman–Crippen MR) is 46.2 cm³/mol. The molecule has 1 aromatic heterocycles. The van der Waals surface area contributed by atoms with Gasteiger partial charge >= 0.3 is 0 Å². The zero-order valence-electron chi connectivity index (χ0n) is 8.07. The van der Waals surface area contributed by atoms with Crippen molar-refractivity contribution in [3.8, 4) is 0 Å². The Hall–Kier alpha value is -0.930. The Labute approximate surface area is 68.6 Å². The number of nitrogens with zero attached hydrogens (tertiary/aromatic N) is 4. The first kappa shape index (κ1) is 12.7. The molecule has 0 atom stereocenters.